The predicted octanol–water partition coefficient (Wildman–Crippen LogP) is 6.83. The lowest BCUT2D eigenvalue weighted by molar-refractivity contribution is -0.260. The van der Waals surface area contributed by atoms with Gasteiger partial charge in [-0.3, -0.25) is 24.2 Å². The molecule has 0 bridgehead atoms. The van der Waals surface area contributed by atoms with Gasteiger partial charge in [-0.25, -0.2) is 4.39 Å². The van der Waals surface area contributed by atoms with Crippen LogP contribution in [0, 0.1) is 17.7 Å². The zero-order valence-electron chi connectivity index (χ0n) is 27.2. The topological polar surface area (TPSA) is 108 Å². The van der Waals surface area contributed by atoms with Gasteiger partial charge in [0.1, 0.15) is 5.82 Å². The molecule has 258 valence electrons. The number of nitrogens with one attached hydrogen (secondary N) is 1. The van der Waals surface area contributed by atoms with Crippen molar-refractivity contribution in [3.05, 3.63) is 63.7 Å². The Morgan fingerprint density at radius 3 is 2.40 bits per heavy atom. The molecule has 1 aromatic heterocycles. The van der Waals surface area contributed by atoms with Crippen LogP contribution in [0.15, 0.2) is 41.8 Å². The van der Waals surface area contributed by atoms with Crippen molar-refractivity contribution in [3.63, 3.8) is 0 Å². The summed E-state index contributed by atoms with van der Waals surface area (Å²) in [5, 5.41) is 15.0. The van der Waals surface area contributed by atoms with Crippen LogP contribution in [0.1, 0.15) is 67.3 Å². The van der Waals surface area contributed by atoms with E-state index in [0.717, 1.165) is 35.8 Å². The minimum atomic E-state index is -1.42. The van der Waals surface area contributed by atoms with Crippen molar-refractivity contribution in [2.24, 2.45) is 11.8 Å². The summed E-state index contributed by atoms with van der Waals surface area (Å²) < 4.78 is 29.2. The smallest absolute Gasteiger partial charge is 0.306 e. The molecule has 2 aromatic carbocycles. The van der Waals surface area contributed by atoms with Gasteiger partial charge in [-0.05, 0) is 81.0 Å². The Morgan fingerprint density at radius 2 is 1.71 bits per heavy atom. The first-order valence-electron chi connectivity index (χ1n) is 16.9. The van der Waals surface area contributed by atoms with E-state index >= 15 is 4.39 Å². The third-order valence-corrected chi connectivity index (χ3v) is 11.4. The number of Topliss-reactive ketones (excluding diaryl/α,β-unsaturated/α-hetero) is 1. The number of fused-ring (bicyclic) bond motifs is 1. The number of carbonyl (C=O) groups is 3. The van der Waals surface area contributed by atoms with Gasteiger partial charge in [0, 0.05) is 61.8 Å². The molecular formula is C36H43ClFN3O6S. The quantitative estimate of drug-likeness (QED) is 0.212. The van der Waals surface area contributed by atoms with Crippen molar-refractivity contribution in [1.29, 1.82) is 0 Å². The second-order valence-corrected chi connectivity index (χ2v) is 14.6. The van der Waals surface area contributed by atoms with Crippen LogP contribution in [0.4, 0.5) is 10.1 Å². The molecule has 48 heavy (non-hydrogen) atoms. The van der Waals surface area contributed by atoms with Crippen LogP contribution in [0.25, 0.3) is 10.1 Å². The van der Waals surface area contributed by atoms with Gasteiger partial charge in [0.15, 0.2) is 5.78 Å². The monoisotopic (exact) mass is 699 g/mol. The number of benzene rings is 2. The van der Waals surface area contributed by atoms with Gasteiger partial charge >= 0.3 is 5.97 Å². The van der Waals surface area contributed by atoms with Crippen molar-refractivity contribution in [2.75, 3.05) is 45.2 Å². The molecule has 3 heterocycles. The lowest BCUT2D eigenvalue weighted by Gasteiger charge is -2.51. The number of nitrogens with zero attached hydrogens (tertiary/aromatic N) is 2. The molecule has 1 saturated carbocycles. The molecular weight excluding hydrogens is 657 g/mol. The minimum Gasteiger partial charge on any atom is -0.481 e. The number of anilines is 1. The summed E-state index contributed by atoms with van der Waals surface area (Å²) in [5.74, 6) is -3.57. The van der Waals surface area contributed by atoms with Crippen molar-refractivity contribution in [1.82, 2.24) is 9.80 Å². The first kappa shape index (κ1) is 34.9. The third kappa shape index (κ3) is 7.32. The normalized spacial score (nSPS) is 22.5. The Hall–Kier alpha value is -2.93. The number of thiophene rings is 1. The molecule has 2 saturated heterocycles. The SMILES string of the molecule is COCC1CCN(C(O[C@H]2CC[C@H](C(=O)O)CC2)(C(=O)Cc2cc(Cl)c(NC(=O)c3csc4ccccc34)cc2F)N2CCCC2)CC1. The second-order valence-electron chi connectivity index (χ2n) is 13.2. The van der Waals surface area contributed by atoms with E-state index in [4.69, 9.17) is 21.1 Å². The molecule has 3 aliphatic rings. The number of methoxy groups -OCH3 is 1. The van der Waals surface area contributed by atoms with E-state index < -0.39 is 29.5 Å². The molecule has 1 aliphatic carbocycles. The summed E-state index contributed by atoms with van der Waals surface area (Å²) in [4.78, 5) is 43.8. The maximum absolute atomic E-state index is 15.9. The summed E-state index contributed by atoms with van der Waals surface area (Å²) in [6, 6.07) is 10.2. The summed E-state index contributed by atoms with van der Waals surface area (Å²) in [5.41, 5.74) is 0.730. The average molecular weight is 700 g/mol. The lowest BCUT2D eigenvalue weighted by atomic mass is 9.87. The fraction of sp³-hybridized carbons (Fsp3) is 0.528. The first-order chi connectivity index (χ1) is 23.2. The highest BCUT2D eigenvalue weighted by atomic mass is 35.5. The number of hydrogen-bond donors (Lipinski definition) is 2. The molecule has 1 atom stereocenters. The highest BCUT2D eigenvalue weighted by Gasteiger charge is 2.53. The van der Waals surface area contributed by atoms with E-state index in [1.165, 1.54) is 23.5 Å². The molecule has 2 aliphatic heterocycles. The Morgan fingerprint density at radius 1 is 1.02 bits per heavy atom. The third-order valence-electron chi connectivity index (χ3n) is 10.2. The van der Waals surface area contributed by atoms with Gasteiger partial charge in [-0.2, -0.15) is 0 Å². The minimum absolute atomic E-state index is 0.125. The largest absolute Gasteiger partial charge is 0.481 e. The molecule has 12 heteroatoms. The van der Waals surface area contributed by atoms with E-state index in [0.29, 0.717) is 70.0 Å². The van der Waals surface area contributed by atoms with Gasteiger partial charge < -0.3 is 19.9 Å². The number of piperidine rings is 1. The Kier molecular flexibility index (Phi) is 11.1. The summed E-state index contributed by atoms with van der Waals surface area (Å²) >= 11 is 8.09. The molecule has 3 aromatic rings. The molecule has 0 radical (unpaired) electrons. The number of likely N-dealkylation sites (tertiary alicyclic amines) is 2. The Labute approximate surface area is 289 Å². The van der Waals surface area contributed by atoms with Gasteiger partial charge in [0.2, 0.25) is 5.85 Å². The Balaban J connectivity index is 1.27. The van der Waals surface area contributed by atoms with Crippen LogP contribution < -0.4 is 5.32 Å². The van der Waals surface area contributed by atoms with E-state index in [1.807, 2.05) is 24.3 Å². The maximum atomic E-state index is 15.9. The first-order valence-corrected chi connectivity index (χ1v) is 18.1. The Bertz CT molecular complexity index is 1630. The molecule has 0 spiro atoms. The molecule has 2 N–H and O–H groups in total. The number of halogens is 2. The van der Waals surface area contributed by atoms with Crippen molar-refractivity contribution in [3.8, 4) is 0 Å². The highest BCUT2D eigenvalue weighted by molar-refractivity contribution is 7.17. The molecule has 3 fully saturated rings. The van der Waals surface area contributed by atoms with Gasteiger partial charge in [0.05, 0.1) is 28.3 Å². The van der Waals surface area contributed by atoms with Crippen LogP contribution in [0.2, 0.25) is 5.02 Å². The summed E-state index contributed by atoms with van der Waals surface area (Å²) in [6.45, 7) is 3.21. The second kappa shape index (κ2) is 15.3. The lowest BCUT2D eigenvalue weighted by Crippen LogP contribution is -2.69. The molecule has 1 unspecified atom stereocenters. The highest BCUT2D eigenvalue weighted by Crippen LogP contribution is 2.38. The van der Waals surface area contributed by atoms with Gasteiger partial charge in [0.25, 0.3) is 5.91 Å². The zero-order valence-corrected chi connectivity index (χ0v) is 28.8. The van der Waals surface area contributed by atoms with E-state index in [9.17, 15) is 19.5 Å². The van der Waals surface area contributed by atoms with Crippen molar-refractivity contribution >= 4 is 56.4 Å². The van der Waals surface area contributed by atoms with Crippen LogP contribution >= 0.6 is 22.9 Å². The number of rotatable bonds is 12. The van der Waals surface area contributed by atoms with Crippen LogP contribution in [0.3, 0.4) is 0 Å². The van der Waals surface area contributed by atoms with Crippen LogP contribution in [-0.4, -0.2) is 84.4 Å². The van der Waals surface area contributed by atoms with Crippen molar-refractivity contribution < 1.29 is 33.4 Å². The van der Waals surface area contributed by atoms with Gasteiger partial charge in [-0.15, -0.1) is 11.3 Å². The number of hydrogen-bond acceptors (Lipinski definition) is 8. The zero-order chi connectivity index (χ0) is 33.8. The molecule has 1 amide bonds. The standard InChI is InChI=1S/C36H43ClFN3O6S/c1-46-21-23-12-16-41(17-13-23)36(40-14-4-5-15-40,47-26-10-8-24(9-11-26)35(44)45)33(42)19-25-18-29(37)31(20-30(25)38)39-34(43)28-22-48-32-7-3-2-6-27(28)32/h2-3,6-7,18,20,22-24,26H,4-5,8-17,19,21H2,1H3,(H,39,43)(H,44,45)/t24-,26-,36?. The van der Waals surface area contributed by atoms with E-state index in [2.05, 4.69) is 15.1 Å². The number of amides is 1. The van der Waals surface area contributed by atoms with Crippen molar-refractivity contribution in [2.45, 2.75) is 69.7 Å². The predicted molar refractivity (Wildman–Crippen MR) is 184 cm³/mol. The number of ether oxygens (including phenoxy) is 2. The molecule has 6 rings (SSSR count). The number of carboxylic acids is 1. The molecule has 9 nitrogen and oxygen atoms in total. The summed E-state index contributed by atoms with van der Waals surface area (Å²) in [6.07, 6.45) is 4.98. The van der Waals surface area contributed by atoms with E-state index in [-0.39, 0.29) is 34.6 Å². The fourth-order valence-electron chi connectivity index (χ4n) is 7.54. The number of carbonyl (C=O) groups excluding carboxylic acids is 2. The average Bonchev–Trinajstić information content (AvgIpc) is 3.78. The van der Waals surface area contributed by atoms with Crippen LogP contribution in [-0.2, 0) is 25.5 Å². The number of carboxylic acid groups (broad SMARTS) is 1. The maximum Gasteiger partial charge on any atom is 0.306 e. The number of ketones is 1. The summed E-state index contributed by atoms with van der Waals surface area (Å²) in [7, 11) is 1.70. The van der Waals surface area contributed by atoms with E-state index in [1.54, 1.807) is 12.5 Å². The van der Waals surface area contributed by atoms with Gasteiger partial charge in [-0.1, -0.05) is 29.8 Å². The van der Waals surface area contributed by atoms with Crippen LogP contribution in [0.5, 0.6) is 0 Å². The number of aliphatic carboxylic acids is 1. The fourth-order valence-corrected chi connectivity index (χ4v) is 8.71.